The van der Waals surface area contributed by atoms with E-state index in [1.165, 1.54) is 7.11 Å². The molecule has 0 aromatic rings. The summed E-state index contributed by atoms with van der Waals surface area (Å²) in [6.45, 7) is 7.06. The van der Waals surface area contributed by atoms with E-state index in [-0.39, 0.29) is 42.3 Å². The molecule has 2 heterocycles. The fourth-order valence-electron chi connectivity index (χ4n) is 3.56. The van der Waals surface area contributed by atoms with Crippen LogP contribution in [0.1, 0.15) is 39.5 Å². The van der Waals surface area contributed by atoms with Gasteiger partial charge in [-0.2, -0.15) is 0 Å². The summed E-state index contributed by atoms with van der Waals surface area (Å²) >= 11 is 0. The Kier molecular flexibility index (Phi) is 6.58. The second-order valence-electron chi connectivity index (χ2n) is 6.89. The third-order valence-electron chi connectivity index (χ3n) is 5.22. The first kappa shape index (κ1) is 20.2. The van der Waals surface area contributed by atoms with Gasteiger partial charge in [0.15, 0.2) is 0 Å². The summed E-state index contributed by atoms with van der Waals surface area (Å²) in [5.74, 6) is -1.41. The Morgan fingerprint density at radius 2 is 1.85 bits per heavy atom. The molecule has 0 aromatic heterocycles. The highest BCUT2D eigenvalue weighted by molar-refractivity contribution is 5.93. The number of likely N-dealkylation sites (N-methyl/N-ethyl adjacent to an activating group) is 1. The molecule has 2 saturated heterocycles. The zero-order chi connectivity index (χ0) is 19.4. The first-order valence-corrected chi connectivity index (χ1v) is 8.78. The molecule has 2 aliphatic heterocycles. The van der Waals surface area contributed by atoms with Crippen LogP contribution >= 0.6 is 0 Å². The van der Waals surface area contributed by atoms with Crippen molar-refractivity contribution in [2.45, 2.75) is 63.8 Å². The van der Waals surface area contributed by atoms with Crippen LogP contribution in [0.3, 0.4) is 0 Å². The van der Waals surface area contributed by atoms with Gasteiger partial charge in [0, 0.05) is 36.5 Å². The van der Waals surface area contributed by atoms with Gasteiger partial charge in [-0.05, 0) is 20.9 Å². The van der Waals surface area contributed by atoms with Gasteiger partial charge in [-0.3, -0.25) is 9.69 Å². The van der Waals surface area contributed by atoms with Crippen molar-refractivity contribution in [3.05, 3.63) is 23.8 Å². The largest absolute Gasteiger partial charge is 0.466 e. The SMILES string of the molecule is C=C(CC(=O)O[C@@H]1C[C@@H]2C[C@@H](OC(=O)/C(C)=C\C)[C@H](C1)N2C)C(=O)OC. The Morgan fingerprint density at radius 3 is 2.46 bits per heavy atom. The van der Waals surface area contributed by atoms with E-state index >= 15 is 0 Å². The molecular formula is C19H27NO6. The number of hydrogen-bond donors (Lipinski definition) is 0. The molecule has 4 atom stereocenters. The van der Waals surface area contributed by atoms with Gasteiger partial charge in [0.25, 0.3) is 0 Å². The van der Waals surface area contributed by atoms with Gasteiger partial charge >= 0.3 is 17.9 Å². The molecule has 7 heteroatoms. The number of nitrogens with zero attached hydrogens (tertiary/aromatic N) is 1. The lowest BCUT2D eigenvalue weighted by Crippen LogP contribution is -2.46. The van der Waals surface area contributed by atoms with Gasteiger partial charge in [0.2, 0.25) is 0 Å². The van der Waals surface area contributed by atoms with Crippen molar-refractivity contribution in [1.29, 1.82) is 0 Å². The van der Waals surface area contributed by atoms with Gasteiger partial charge in [-0.1, -0.05) is 12.7 Å². The standard InChI is InChI=1S/C19H27NO6/c1-6-11(2)19(23)26-16-9-13-8-14(10-15(16)20(13)4)25-17(21)7-12(3)18(22)24-5/h6,13-16H,3,7-10H2,1-2,4-5H3/b11-6-/t13-,14-,15+,16-/m1/s1. The monoisotopic (exact) mass is 365 g/mol. The topological polar surface area (TPSA) is 82.1 Å². The van der Waals surface area contributed by atoms with Crippen LogP contribution in [0.4, 0.5) is 0 Å². The molecule has 0 unspecified atom stereocenters. The van der Waals surface area contributed by atoms with Crippen LogP contribution < -0.4 is 0 Å². The van der Waals surface area contributed by atoms with E-state index in [2.05, 4.69) is 16.2 Å². The highest BCUT2D eigenvalue weighted by Crippen LogP contribution is 2.37. The summed E-state index contributed by atoms with van der Waals surface area (Å²) in [5, 5.41) is 0. The van der Waals surface area contributed by atoms with Crippen LogP contribution in [-0.2, 0) is 28.6 Å². The highest BCUT2D eigenvalue weighted by Gasteiger charge is 2.47. The second-order valence-corrected chi connectivity index (χ2v) is 6.89. The first-order chi connectivity index (χ1) is 12.3. The molecule has 0 aromatic carbocycles. The number of hydrogen-bond acceptors (Lipinski definition) is 7. The third-order valence-corrected chi connectivity index (χ3v) is 5.22. The van der Waals surface area contributed by atoms with E-state index in [9.17, 15) is 14.4 Å². The molecule has 0 aliphatic carbocycles. The molecule has 0 radical (unpaired) electrons. The number of esters is 3. The van der Waals surface area contributed by atoms with E-state index in [1.807, 2.05) is 7.05 Å². The number of methoxy groups -OCH3 is 1. The maximum Gasteiger partial charge on any atom is 0.333 e. The summed E-state index contributed by atoms with van der Waals surface area (Å²) in [5.41, 5.74) is 0.653. The lowest BCUT2D eigenvalue weighted by atomic mass is 10.00. The molecule has 7 nitrogen and oxygen atoms in total. The molecule has 0 saturated carbocycles. The van der Waals surface area contributed by atoms with E-state index in [0.717, 1.165) is 6.42 Å². The molecule has 0 N–H and O–H groups in total. The third kappa shape index (κ3) is 4.52. The summed E-state index contributed by atoms with van der Waals surface area (Å²) in [6, 6.07) is 0.211. The maximum atomic E-state index is 12.1. The molecule has 2 fully saturated rings. The van der Waals surface area contributed by atoms with Crippen LogP contribution in [0.2, 0.25) is 0 Å². The maximum absolute atomic E-state index is 12.1. The number of carbonyl (C=O) groups excluding carboxylic acids is 3. The number of piperidine rings is 1. The Morgan fingerprint density at radius 1 is 1.15 bits per heavy atom. The number of allylic oxidation sites excluding steroid dienone is 1. The summed E-state index contributed by atoms with van der Waals surface area (Å²) in [6.07, 6.45) is 3.08. The fraction of sp³-hybridized carbons (Fsp3) is 0.632. The van der Waals surface area contributed by atoms with Crippen LogP contribution in [-0.4, -0.2) is 61.3 Å². The summed E-state index contributed by atoms with van der Waals surface area (Å²) < 4.78 is 15.7. The smallest absolute Gasteiger partial charge is 0.333 e. The molecule has 0 spiro atoms. The Labute approximate surface area is 154 Å². The van der Waals surface area contributed by atoms with Crippen molar-refractivity contribution in [1.82, 2.24) is 4.90 Å². The van der Waals surface area contributed by atoms with Gasteiger partial charge in [-0.25, -0.2) is 9.59 Å². The second kappa shape index (κ2) is 8.49. The number of carbonyl (C=O) groups is 3. The molecule has 2 aliphatic rings. The van der Waals surface area contributed by atoms with E-state index in [1.54, 1.807) is 19.9 Å². The zero-order valence-electron chi connectivity index (χ0n) is 15.8. The highest BCUT2D eigenvalue weighted by atomic mass is 16.6. The molecule has 0 amide bonds. The van der Waals surface area contributed by atoms with Crippen molar-refractivity contribution >= 4 is 17.9 Å². The fourth-order valence-corrected chi connectivity index (χ4v) is 3.56. The minimum absolute atomic E-state index is 0.0176. The average molecular weight is 365 g/mol. The minimum atomic E-state index is -0.614. The van der Waals surface area contributed by atoms with Crippen molar-refractivity contribution in [2.24, 2.45) is 0 Å². The van der Waals surface area contributed by atoms with E-state index < -0.39 is 11.9 Å². The lowest BCUT2D eigenvalue weighted by molar-refractivity contribution is -0.155. The Balaban J connectivity index is 1.92. The van der Waals surface area contributed by atoms with Crippen molar-refractivity contribution < 1.29 is 28.6 Å². The molecule has 2 rings (SSSR count). The average Bonchev–Trinajstić information content (AvgIpc) is 2.78. The quantitative estimate of drug-likeness (QED) is 0.403. The van der Waals surface area contributed by atoms with Crippen LogP contribution in [0.5, 0.6) is 0 Å². The van der Waals surface area contributed by atoms with Crippen molar-refractivity contribution in [3.63, 3.8) is 0 Å². The van der Waals surface area contributed by atoms with Crippen molar-refractivity contribution in [2.75, 3.05) is 14.2 Å². The predicted octanol–water partition coefficient (Wildman–Crippen LogP) is 1.76. The molecule has 26 heavy (non-hydrogen) atoms. The Bertz CT molecular complexity index is 626. The summed E-state index contributed by atoms with van der Waals surface area (Å²) in [4.78, 5) is 37.6. The normalized spacial score (nSPS) is 28.4. The molecular weight excluding hydrogens is 338 g/mol. The van der Waals surface area contributed by atoms with E-state index in [4.69, 9.17) is 9.47 Å². The van der Waals surface area contributed by atoms with Gasteiger partial charge in [0.05, 0.1) is 19.6 Å². The minimum Gasteiger partial charge on any atom is -0.466 e. The van der Waals surface area contributed by atoms with Crippen LogP contribution in [0.25, 0.3) is 0 Å². The zero-order valence-corrected chi connectivity index (χ0v) is 15.8. The van der Waals surface area contributed by atoms with E-state index in [0.29, 0.717) is 18.4 Å². The lowest BCUT2D eigenvalue weighted by Gasteiger charge is -2.36. The number of rotatable bonds is 6. The van der Waals surface area contributed by atoms with Gasteiger partial charge in [-0.15, -0.1) is 0 Å². The van der Waals surface area contributed by atoms with Gasteiger partial charge in [0.1, 0.15) is 12.2 Å². The molecule has 2 bridgehead atoms. The predicted molar refractivity (Wildman–Crippen MR) is 94.2 cm³/mol. The first-order valence-electron chi connectivity index (χ1n) is 8.78. The number of ether oxygens (including phenoxy) is 3. The van der Waals surface area contributed by atoms with Crippen molar-refractivity contribution in [3.8, 4) is 0 Å². The van der Waals surface area contributed by atoms with Gasteiger partial charge < -0.3 is 14.2 Å². The van der Waals surface area contributed by atoms with Crippen LogP contribution in [0.15, 0.2) is 23.8 Å². The Hall–Kier alpha value is -2.15. The molecule has 144 valence electrons. The van der Waals surface area contributed by atoms with Crippen LogP contribution in [0, 0.1) is 0 Å². The summed E-state index contributed by atoms with van der Waals surface area (Å²) in [7, 11) is 3.24. The number of fused-ring (bicyclic) bond motifs is 2.